The van der Waals surface area contributed by atoms with Gasteiger partial charge in [0, 0.05) is 27.7 Å². The molecule has 1 aromatic rings. The summed E-state index contributed by atoms with van der Waals surface area (Å²) >= 11 is 0. The zero-order valence-electron chi connectivity index (χ0n) is 11.0. The van der Waals surface area contributed by atoms with Crippen LogP contribution in [0.3, 0.4) is 0 Å². The Balaban J connectivity index is 2.64. The van der Waals surface area contributed by atoms with Gasteiger partial charge in [-0.25, -0.2) is 0 Å². The highest BCUT2D eigenvalue weighted by molar-refractivity contribution is 5.42. The van der Waals surface area contributed by atoms with Gasteiger partial charge >= 0.3 is 0 Å². The Labute approximate surface area is 106 Å². The van der Waals surface area contributed by atoms with Crippen molar-refractivity contribution in [2.45, 2.75) is 0 Å². The molecule has 0 bridgehead atoms. The van der Waals surface area contributed by atoms with Crippen LogP contribution in [-0.4, -0.2) is 67.6 Å². The van der Waals surface area contributed by atoms with Crippen LogP contribution in [0.25, 0.3) is 0 Å². The van der Waals surface area contributed by atoms with E-state index in [4.69, 9.17) is 15.6 Å². The van der Waals surface area contributed by atoms with Gasteiger partial charge in [-0.05, 0) is 0 Å². The van der Waals surface area contributed by atoms with Crippen LogP contribution in [0.5, 0.6) is 0 Å². The molecule has 3 N–H and O–H groups in total. The Bertz CT molecular complexity index is 373. The van der Waals surface area contributed by atoms with Gasteiger partial charge in [-0.1, -0.05) is 0 Å². The second-order valence-electron chi connectivity index (χ2n) is 3.95. The minimum absolute atomic E-state index is 0.0210. The van der Waals surface area contributed by atoms with Crippen LogP contribution < -0.4 is 15.5 Å². The van der Waals surface area contributed by atoms with E-state index in [1.165, 1.54) is 0 Å². The van der Waals surface area contributed by atoms with E-state index < -0.39 is 0 Å². The Kier molecular flexibility index (Phi) is 5.53. The first-order valence-electron chi connectivity index (χ1n) is 5.63. The summed E-state index contributed by atoms with van der Waals surface area (Å²) in [6.07, 6.45) is 0. The third-order valence-corrected chi connectivity index (χ3v) is 2.18. The summed E-state index contributed by atoms with van der Waals surface area (Å²) in [6, 6.07) is 0. The van der Waals surface area contributed by atoms with E-state index in [0.717, 1.165) is 0 Å². The summed E-state index contributed by atoms with van der Waals surface area (Å²) in [5, 5.41) is 8.59. The maximum atomic E-state index is 8.59. The minimum Gasteiger partial charge on any atom is -0.394 e. The SMILES string of the molecule is CN(C)c1nc(N)nc(N(C)CCOCCO)n1. The molecular weight excluding hydrogens is 236 g/mol. The van der Waals surface area contributed by atoms with Crippen LogP contribution in [-0.2, 0) is 4.74 Å². The van der Waals surface area contributed by atoms with Gasteiger partial charge in [0.05, 0.1) is 19.8 Å². The van der Waals surface area contributed by atoms with Crippen molar-refractivity contribution in [1.82, 2.24) is 15.0 Å². The highest BCUT2D eigenvalue weighted by atomic mass is 16.5. The number of aliphatic hydroxyl groups is 1. The first kappa shape index (κ1) is 14.4. The molecule has 0 aliphatic heterocycles. The number of nitrogens with zero attached hydrogens (tertiary/aromatic N) is 5. The summed E-state index contributed by atoms with van der Waals surface area (Å²) in [5.74, 6) is 1.20. The lowest BCUT2D eigenvalue weighted by molar-refractivity contribution is 0.0970. The maximum Gasteiger partial charge on any atom is 0.231 e. The maximum absolute atomic E-state index is 8.59. The summed E-state index contributed by atoms with van der Waals surface area (Å²) in [6.45, 7) is 1.44. The van der Waals surface area contributed by atoms with Gasteiger partial charge < -0.3 is 25.4 Å². The molecule has 0 unspecified atom stereocenters. The van der Waals surface area contributed by atoms with E-state index in [9.17, 15) is 0 Å². The summed E-state index contributed by atoms with van der Waals surface area (Å²) in [5.41, 5.74) is 5.63. The quantitative estimate of drug-likeness (QED) is 0.597. The zero-order chi connectivity index (χ0) is 13.5. The Hall–Kier alpha value is -1.67. The molecule has 0 radical (unpaired) electrons. The third-order valence-electron chi connectivity index (χ3n) is 2.18. The fraction of sp³-hybridized carbons (Fsp3) is 0.700. The number of hydrogen-bond donors (Lipinski definition) is 2. The standard InChI is InChI=1S/C10H20N6O2/c1-15(2)9-12-8(11)13-10(14-9)16(3)4-6-18-7-5-17/h17H,4-7H2,1-3H3,(H2,11,12,13,14). The van der Waals surface area contributed by atoms with E-state index in [2.05, 4.69) is 15.0 Å². The third kappa shape index (κ3) is 4.30. The molecule has 8 nitrogen and oxygen atoms in total. The zero-order valence-corrected chi connectivity index (χ0v) is 11.0. The molecule has 102 valence electrons. The predicted octanol–water partition coefficient (Wildman–Crippen LogP) is -1.04. The number of hydrogen-bond acceptors (Lipinski definition) is 8. The van der Waals surface area contributed by atoms with Crippen molar-refractivity contribution in [2.24, 2.45) is 0 Å². The van der Waals surface area contributed by atoms with Crippen LogP contribution in [0.15, 0.2) is 0 Å². The van der Waals surface area contributed by atoms with Crippen molar-refractivity contribution in [3.63, 3.8) is 0 Å². The largest absolute Gasteiger partial charge is 0.394 e. The van der Waals surface area contributed by atoms with Crippen molar-refractivity contribution in [2.75, 3.05) is 63.0 Å². The van der Waals surface area contributed by atoms with Crippen LogP contribution in [0.2, 0.25) is 0 Å². The molecule has 18 heavy (non-hydrogen) atoms. The summed E-state index contributed by atoms with van der Waals surface area (Å²) in [4.78, 5) is 15.9. The molecule has 0 aliphatic carbocycles. The summed E-state index contributed by atoms with van der Waals surface area (Å²) < 4.78 is 5.18. The molecule has 0 spiro atoms. The van der Waals surface area contributed by atoms with Gasteiger partial charge in [0.1, 0.15) is 0 Å². The first-order chi connectivity index (χ1) is 8.54. The molecule has 8 heteroatoms. The number of nitrogen functional groups attached to an aromatic ring is 1. The van der Waals surface area contributed by atoms with E-state index in [0.29, 0.717) is 31.7 Å². The van der Waals surface area contributed by atoms with Gasteiger partial charge in [0.25, 0.3) is 0 Å². The first-order valence-corrected chi connectivity index (χ1v) is 5.63. The van der Waals surface area contributed by atoms with E-state index in [1.54, 1.807) is 4.90 Å². The predicted molar refractivity (Wildman–Crippen MR) is 69.7 cm³/mol. The van der Waals surface area contributed by atoms with E-state index in [1.807, 2.05) is 26.0 Å². The smallest absolute Gasteiger partial charge is 0.231 e. The topological polar surface area (TPSA) is 101 Å². The minimum atomic E-state index is 0.0210. The molecule has 0 aromatic carbocycles. The number of likely N-dealkylation sites (N-methyl/N-ethyl adjacent to an activating group) is 1. The molecular formula is C10H20N6O2. The average molecular weight is 256 g/mol. The van der Waals surface area contributed by atoms with Crippen molar-refractivity contribution in [1.29, 1.82) is 0 Å². The Morgan fingerprint density at radius 1 is 1.11 bits per heavy atom. The van der Waals surface area contributed by atoms with E-state index >= 15 is 0 Å². The lowest BCUT2D eigenvalue weighted by atomic mass is 10.6. The summed E-state index contributed by atoms with van der Waals surface area (Å²) in [7, 11) is 5.52. The van der Waals surface area contributed by atoms with Crippen LogP contribution >= 0.6 is 0 Å². The molecule has 1 heterocycles. The van der Waals surface area contributed by atoms with Crippen molar-refractivity contribution >= 4 is 17.8 Å². The monoisotopic (exact) mass is 256 g/mol. The second kappa shape index (κ2) is 6.92. The fourth-order valence-electron chi connectivity index (χ4n) is 1.21. The van der Waals surface area contributed by atoms with Crippen molar-refractivity contribution < 1.29 is 9.84 Å². The Morgan fingerprint density at radius 3 is 2.39 bits per heavy atom. The fourth-order valence-corrected chi connectivity index (χ4v) is 1.21. The molecule has 1 aromatic heterocycles. The van der Waals surface area contributed by atoms with Crippen molar-refractivity contribution in [3.8, 4) is 0 Å². The molecule has 0 saturated heterocycles. The molecule has 0 atom stereocenters. The lowest BCUT2D eigenvalue weighted by Crippen LogP contribution is -2.26. The van der Waals surface area contributed by atoms with Crippen LogP contribution in [0.1, 0.15) is 0 Å². The highest BCUT2D eigenvalue weighted by Gasteiger charge is 2.09. The van der Waals surface area contributed by atoms with Gasteiger partial charge in [-0.15, -0.1) is 0 Å². The van der Waals surface area contributed by atoms with Gasteiger partial charge in [-0.2, -0.15) is 15.0 Å². The van der Waals surface area contributed by atoms with Crippen molar-refractivity contribution in [3.05, 3.63) is 0 Å². The van der Waals surface area contributed by atoms with Crippen LogP contribution in [0, 0.1) is 0 Å². The number of ether oxygens (including phenoxy) is 1. The molecule has 0 fully saturated rings. The highest BCUT2D eigenvalue weighted by Crippen LogP contribution is 2.11. The van der Waals surface area contributed by atoms with Gasteiger partial charge in [0.2, 0.25) is 17.8 Å². The number of aromatic nitrogens is 3. The lowest BCUT2D eigenvalue weighted by Gasteiger charge is -2.19. The van der Waals surface area contributed by atoms with E-state index in [-0.39, 0.29) is 12.6 Å². The molecule has 0 aliphatic rings. The molecule has 1 rings (SSSR count). The number of aliphatic hydroxyl groups excluding tert-OH is 1. The Morgan fingerprint density at radius 2 is 1.78 bits per heavy atom. The van der Waals surface area contributed by atoms with Gasteiger partial charge in [0.15, 0.2) is 0 Å². The second-order valence-corrected chi connectivity index (χ2v) is 3.95. The molecule has 0 amide bonds. The number of rotatable bonds is 7. The number of anilines is 3. The van der Waals surface area contributed by atoms with Crippen LogP contribution in [0.4, 0.5) is 17.8 Å². The number of nitrogens with two attached hydrogens (primary N) is 1. The molecule has 0 saturated carbocycles. The average Bonchev–Trinajstić information content (AvgIpc) is 2.33. The van der Waals surface area contributed by atoms with Gasteiger partial charge in [-0.3, -0.25) is 0 Å². The normalized spacial score (nSPS) is 10.4.